The summed E-state index contributed by atoms with van der Waals surface area (Å²) in [4.78, 5) is 13.0. The molecule has 0 atom stereocenters. The van der Waals surface area contributed by atoms with E-state index in [0.29, 0.717) is 29.4 Å². The Kier molecular flexibility index (Phi) is 5.48. The number of hydrazone groups is 1. The average Bonchev–Trinajstić information content (AvgIpc) is 3.58. The van der Waals surface area contributed by atoms with Crippen LogP contribution in [0.25, 0.3) is 17.1 Å². The zero-order valence-corrected chi connectivity index (χ0v) is 17.8. The van der Waals surface area contributed by atoms with E-state index in [0.717, 1.165) is 5.56 Å². The third kappa shape index (κ3) is 3.97. The van der Waals surface area contributed by atoms with Crippen LogP contribution in [0.15, 0.2) is 52.2 Å². The number of nitrogens with zero attached hydrogens (tertiary/aromatic N) is 6. The smallest absolute Gasteiger partial charge is 0.294 e. The first-order valence-corrected chi connectivity index (χ1v) is 10.1. The van der Waals surface area contributed by atoms with E-state index in [1.807, 2.05) is 25.1 Å². The zero-order valence-electron chi connectivity index (χ0n) is 17.8. The predicted molar refractivity (Wildman–Crippen MR) is 118 cm³/mol. The van der Waals surface area contributed by atoms with Gasteiger partial charge in [0.15, 0.2) is 17.2 Å². The van der Waals surface area contributed by atoms with Crippen LogP contribution in [-0.2, 0) is 0 Å². The van der Waals surface area contributed by atoms with Gasteiger partial charge in [0.25, 0.3) is 5.91 Å². The van der Waals surface area contributed by atoms with E-state index in [1.165, 1.54) is 10.9 Å². The summed E-state index contributed by atoms with van der Waals surface area (Å²) >= 11 is 0. The number of nitrogens with one attached hydrogen (secondary N) is 1. The number of nitrogen functional groups attached to an aromatic ring is 1. The van der Waals surface area contributed by atoms with Gasteiger partial charge in [-0.15, -0.1) is 5.10 Å². The summed E-state index contributed by atoms with van der Waals surface area (Å²) in [5, 5.41) is 19.4. The summed E-state index contributed by atoms with van der Waals surface area (Å²) in [6, 6.07) is 12.4. The summed E-state index contributed by atoms with van der Waals surface area (Å²) < 4.78 is 22.2. The summed E-state index contributed by atoms with van der Waals surface area (Å²) in [5.74, 6) is 1.24. The van der Waals surface area contributed by atoms with Crippen LogP contribution < -0.4 is 25.4 Å². The molecule has 0 spiro atoms. The molecule has 4 aromatic rings. The Labute approximate surface area is 192 Å². The Morgan fingerprint density at radius 2 is 2.12 bits per heavy atom. The van der Waals surface area contributed by atoms with Gasteiger partial charge in [-0.25, -0.2) is 10.1 Å². The third-order valence-electron chi connectivity index (χ3n) is 4.78. The van der Waals surface area contributed by atoms with Crippen molar-refractivity contribution in [3.8, 4) is 34.3 Å². The van der Waals surface area contributed by atoms with Gasteiger partial charge >= 0.3 is 0 Å². The summed E-state index contributed by atoms with van der Waals surface area (Å²) in [5.41, 5.74) is 9.85. The number of carbonyl (C=O) groups is 1. The molecule has 1 aliphatic rings. The molecule has 0 saturated heterocycles. The van der Waals surface area contributed by atoms with Crippen LogP contribution in [0.4, 0.5) is 5.82 Å². The second-order valence-corrected chi connectivity index (χ2v) is 6.94. The van der Waals surface area contributed by atoms with E-state index in [1.54, 1.807) is 24.3 Å². The topological polar surface area (TPSA) is 165 Å². The second kappa shape index (κ2) is 8.90. The molecule has 1 aliphatic heterocycles. The Hall–Kier alpha value is -4.94. The van der Waals surface area contributed by atoms with E-state index in [9.17, 15) is 4.79 Å². The number of aromatic nitrogens is 5. The number of hydrogen-bond donors (Lipinski definition) is 2. The molecule has 13 nitrogen and oxygen atoms in total. The van der Waals surface area contributed by atoms with Crippen LogP contribution in [-0.4, -0.2) is 50.8 Å². The fourth-order valence-electron chi connectivity index (χ4n) is 3.29. The predicted octanol–water partition coefficient (Wildman–Crippen LogP) is 1.79. The SMILES string of the molecule is CCOc1cccc(C=NNC(=O)c2nnn(-c3nonc3N)c2-c2ccc3c(c2)OCO3)c1. The summed E-state index contributed by atoms with van der Waals surface area (Å²) in [6.45, 7) is 2.54. The Bertz CT molecular complexity index is 1380. The number of fused-ring (bicyclic) bond motifs is 1. The summed E-state index contributed by atoms with van der Waals surface area (Å²) in [6.07, 6.45) is 1.49. The number of amides is 1. The van der Waals surface area contributed by atoms with Gasteiger partial charge in [-0.1, -0.05) is 17.3 Å². The fraction of sp³-hybridized carbons (Fsp3) is 0.143. The maximum atomic E-state index is 13.0. The highest BCUT2D eigenvalue weighted by atomic mass is 16.7. The van der Waals surface area contributed by atoms with Gasteiger partial charge in [0.1, 0.15) is 11.4 Å². The molecule has 3 heterocycles. The Balaban J connectivity index is 1.47. The molecule has 1 amide bonds. The zero-order chi connectivity index (χ0) is 23.5. The van der Waals surface area contributed by atoms with Gasteiger partial charge in [-0.2, -0.15) is 9.78 Å². The van der Waals surface area contributed by atoms with Crippen LogP contribution >= 0.6 is 0 Å². The minimum absolute atomic E-state index is 0.0222. The van der Waals surface area contributed by atoms with E-state index in [4.69, 9.17) is 19.9 Å². The molecule has 0 unspecified atom stereocenters. The van der Waals surface area contributed by atoms with Crippen LogP contribution in [0.2, 0.25) is 0 Å². The molecule has 0 fully saturated rings. The number of ether oxygens (including phenoxy) is 3. The first-order chi connectivity index (χ1) is 16.6. The highest BCUT2D eigenvalue weighted by molar-refractivity contribution is 5.99. The second-order valence-electron chi connectivity index (χ2n) is 6.94. The first-order valence-electron chi connectivity index (χ1n) is 10.1. The Morgan fingerprint density at radius 1 is 1.24 bits per heavy atom. The molecule has 0 bridgehead atoms. The van der Waals surface area contributed by atoms with Crippen molar-refractivity contribution in [2.75, 3.05) is 19.1 Å². The van der Waals surface area contributed by atoms with Crippen molar-refractivity contribution in [3.05, 3.63) is 53.7 Å². The first kappa shape index (κ1) is 20.9. The normalized spacial score (nSPS) is 12.3. The number of benzene rings is 2. The van der Waals surface area contributed by atoms with E-state index >= 15 is 0 Å². The van der Waals surface area contributed by atoms with Crippen molar-refractivity contribution in [3.63, 3.8) is 0 Å². The van der Waals surface area contributed by atoms with Gasteiger partial charge in [0.05, 0.1) is 12.8 Å². The monoisotopic (exact) mass is 462 g/mol. The van der Waals surface area contributed by atoms with Gasteiger partial charge < -0.3 is 19.9 Å². The van der Waals surface area contributed by atoms with Crippen molar-refractivity contribution < 1.29 is 23.6 Å². The molecule has 2 aromatic heterocycles. The maximum Gasteiger partial charge on any atom is 0.294 e. The quantitative estimate of drug-likeness (QED) is 0.305. The number of anilines is 1. The number of carbonyl (C=O) groups excluding carboxylic acids is 1. The lowest BCUT2D eigenvalue weighted by Crippen LogP contribution is -2.19. The molecule has 0 radical (unpaired) electrons. The fourth-order valence-corrected chi connectivity index (χ4v) is 3.29. The minimum atomic E-state index is -0.605. The molecule has 3 N–H and O–H groups in total. The largest absolute Gasteiger partial charge is 0.494 e. The van der Waals surface area contributed by atoms with Crippen LogP contribution in [0.3, 0.4) is 0 Å². The van der Waals surface area contributed by atoms with Gasteiger partial charge in [0.2, 0.25) is 18.4 Å². The standard InChI is InChI=1S/C21H18N8O5/c1-2-31-14-5-3-4-12(8-14)10-23-25-21(30)17-18(13-6-7-15-16(9-13)33-11-32-15)29(28-24-17)20-19(22)26-34-27-20/h3-10H,2,11H2,1H3,(H2,22,26)(H,25,30). The number of rotatable bonds is 7. The molecule has 0 aliphatic carbocycles. The molecule has 34 heavy (non-hydrogen) atoms. The van der Waals surface area contributed by atoms with Crippen LogP contribution in [0.1, 0.15) is 23.0 Å². The molecular weight excluding hydrogens is 444 g/mol. The average molecular weight is 462 g/mol. The lowest BCUT2D eigenvalue weighted by atomic mass is 10.1. The maximum absolute atomic E-state index is 13.0. The van der Waals surface area contributed by atoms with Crippen LogP contribution in [0, 0.1) is 0 Å². The molecule has 172 valence electrons. The van der Waals surface area contributed by atoms with E-state index in [2.05, 4.69) is 35.8 Å². The Morgan fingerprint density at radius 3 is 2.94 bits per heavy atom. The highest BCUT2D eigenvalue weighted by Crippen LogP contribution is 2.37. The molecule has 13 heteroatoms. The van der Waals surface area contributed by atoms with Crippen molar-refractivity contribution in [1.82, 2.24) is 30.7 Å². The van der Waals surface area contributed by atoms with Crippen molar-refractivity contribution in [2.45, 2.75) is 6.92 Å². The number of nitrogens with two attached hydrogens (primary N) is 1. The van der Waals surface area contributed by atoms with E-state index in [-0.39, 0.29) is 29.8 Å². The molecule has 5 rings (SSSR count). The van der Waals surface area contributed by atoms with Crippen molar-refractivity contribution in [1.29, 1.82) is 0 Å². The molecule has 2 aromatic carbocycles. The van der Waals surface area contributed by atoms with Gasteiger partial charge in [-0.05, 0) is 53.1 Å². The van der Waals surface area contributed by atoms with E-state index < -0.39 is 5.91 Å². The summed E-state index contributed by atoms with van der Waals surface area (Å²) in [7, 11) is 0. The van der Waals surface area contributed by atoms with Gasteiger partial charge in [-0.3, -0.25) is 4.79 Å². The number of hydrogen-bond acceptors (Lipinski definition) is 11. The van der Waals surface area contributed by atoms with Gasteiger partial charge in [0, 0.05) is 5.56 Å². The lowest BCUT2D eigenvalue weighted by molar-refractivity contribution is 0.0950. The lowest BCUT2D eigenvalue weighted by Gasteiger charge is -2.07. The molecular formula is C21H18N8O5. The van der Waals surface area contributed by atoms with Crippen LogP contribution in [0.5, 0.6) is 17.2 Å². The minimum Gasteiger partial charge on any atom is -0.494 e. The van der Waals surface area contributed by atoms with Crippen molar-refractivity contribution in [2.24, 2.45) is 5.10 Å². The molecule has 0 saturated carbocycles. The third-order valence-corrected chi connectivity index (χ3v) is 4.78. The highest BCUT2D eigenvalue weighted by Gasteiger charge is 2.26. The van der Waals surface area contributed by atoms with Crippen molar-refractivity contribution >= 4 is 17.9 Å².